The van der Waals surface area contributed by atoms with Crippen LogP contribution in [0, 0.1) is 4.77 Å². The summed E-state index contributed by atoms with van der Waals surface area (Å²) in [5.41, 5.74) is 0.460. The Morgan fingerprint density at radius 2 is 1.88 bits per heavy atom. The van der Waals surface area contributed by atoms with E-state index >= 15 is 0 Å². The van der Waals surface area contributed by atoms with E-state index in [2.05, 4.69) is 9.97 Å². The van der Waals surface area contributed by atoms with Gasteiger partial charge in [-0.3, -0.25) is 14.7 Å². The van der Waals surface area contributed by atoms with Crippen LogP contribution in [0.2, 0.25) is 0 Å². The Balaban J connectivity index is 0.00000256. The molecule has 1 aromatic heterocycles. The zero-order valence-electron chi connectivity index (χ0n) is 9.04. The lowest BCUT2D eigenvalue weighted by atomic mass is 10.3. The van der Waals surface area contributed by atoms with Crippen molar-refractivity contribution in [3.63, 3.8) is 0 Å². The molecule has 0 aliphatic carbocycles. The molecule has 0 bridgehead atoms. The van der Waals surface area contributed by atoms with Crippen LogP contribution < -0.4 is 5.56 Å². The maximum absolute atomic E-state index is 11.5. The highest BCUT2D eigenvalue weighted by molar-refractivity contribution is 7.71. The Morgan fingerprint density at radius 1 is 1.29 bits per heavy atom. The summed E-state index contributed by atoms with van der Waals surface area (Å²) in [5, 5.41) is 0. The number of hydrogen-bond acceptors (Lipinski definition) is 3. The van der Waals surface area contributed by atoms with Gasteiger partial charge in [0, 0.05) is 43.2 Å². The average Bonchev–Trinajstić information content (AvgIpc) is 2.23. The summed E-state index contributed by atoms with van der Waals surface area (Å²) in [7, 11) is 0. The first-order valence-corrected chi connectivity index (χ1v) is 6.30. The fourth-order valence-electron chi connectivity index (χ4n) is 1.30. The van der Waals surface area contributed by atoms with Crippen molar-refractivity contribution in [1.82, 2.24) is 14.9 Å². The summed E-state index contributed by atoms with van der Waals surface area (Å²) in [6.45, 7) is 1.91. The van der Waals surface area contributed by atoms with Crippen LogP contribution in [0.15, 0.2) is 11.0 Å². The molecule has 0 saturated carbocycles. The summed E-state index contributed by atoms with van der Waals surface area (Å²) >= 11 is 16.1. The van der Waals surface area contributed by atoms with Gasteiger partial charge in [0.05, 0.1) is 0 Å². The van der Waals surface area contributed by atoms with Gasteiger partial charge in [0.2, 0.25) is 0 Å². The van der Waals surface area contributed by atoms with Crippen molar-refractivity contribution in [2.45, 2.75) is 6.54 Å². The van der Waals surface area contributed by atoms with Crippen molar-refractivity contribution in [2.75, 3.05) is 24.8 Å². The Bertz CT molecular complexity index is 428. The Hall–Kier alpha value is -0.0700. The third-order valence-electron chi connectivity index (χ3n) is 2.09. The fraction of sp³-hybridized carbons (Fsp3) is 0.556. The van der Waals surface area contributed by atoms with Crippen molar-refractivity contribution >= 4 is 47.8 Å². The third-order valence-corrected chi connectivity index (χ3v) is 2.65. The Kier molecular flexibility index (Phi) is 8.90. The maximum Gasteiger partial charge on any atom is 0.256 e. The number of alkyl halides is 2. The van der Waals surface area contributed by atoms with Crippen LogP contribution in [0.5, 0.6) is 0 Å². The van der Waals surface area contributed by atoms with Crippen molar-refractivity contribution in [3.8, 4) is 0 Å². The van der Waals surface area contributed by atoms with Crippen molar-refractivity contribution < 1.29 is 0 Å². The van der Waals surface area contributed by atoms with E-state index in [-0.39, 0.29) is 18.0 Å². The second kappa shape index (κ2) is 8.94. The second-order valence-electron chi connectivity index (χ2n) is 3.25. The van der Waals surface area contributed by atoms with Gasteiger partial charge in [-0.1, -0.05) is 0 Å². The third kappa shape index (κ3) is 5.88. The smallest absolute Gasteiger partial charge is 0.256 e. The van der Waals surface area contributed by atoms with Gasteiger partial charge < -0.3 is 4.98 Å². The average molecular weight is 319 g/mol. The molecule has 0 amide bonds. The topological polar surface area (TPSA) is 51.9 Å². The standard InChI is InChI=1S/C9H13Cl2N3OS.ClH/c10-1-3-14(4-2-11)6-7-5-12-9(16)13-8(7)15;/h5H,1-4,6H2,(H2,12,13,15,16);1H. The van der Waals surface area contributed by atoms with Gasteiger partial charge in [-0.05, 0) is 12.2 Å². The molecule has 98 valence electrons. The summed E-state index contributed by atoms with van der Waals surface area (Å²) < 4.78 is 0.329. The molecular weight excluding hydrogens is 305 g/mol. The first kappa shape index (κ1) is 16.9. The molecule has 8 heteroatoms. The van der Waals surface area contributed by atoms with E-state index in [4.69, 9.17) is 35.4 Å². The number of hydrogen-bond donors (Lipinski definition) is 2. The molecule has 1 aromatic rings. The summed E-state index contributed by atoms with van der Waals surface area (Å²) in [4.78, 5) is 18.9. The molecule has 0 radical (unpaired) electrons. The largest absolute Gasteiger partial charge is 0.338 e. The molecule has 1 heterocycles. The normalized spacial score (nSPS) is 10.3. The van der Waals surface area contributed by atoms with Gasteiger partial charge >= 0.3 is 0 Å². The van der Waals surface area contributed by atoms with Crippen LogP contribution in [0.3, 0.4) is 0 Å². The molecule has 0 spiro atoms. The number of nitrogens with one attached hydrogen (secondary N) is 2. The van der Waals surface area contributed by atoms with Crippen LogP contribution in [-0.2, 0) is 6.54 Å². The van der Waals surface area contributed by atoms with Gasteiger partial charge in [-0.25, -0.2) is 0 Å². The highest BCUT2D eigenvalue weighted by Crippen LogP contribution is 1.99. The molecule has 0 fully saturated rings. The van der Waals surface area contributed by atoms with Gasteiger partial charge in [0.1, 0.15) is 0 Å². The van der Waals surface area contributed by atoms with Crippen LogP contribution >= 0.6 is 47.8 Å². The van der Waals surface area contributed by atoms with E-state index in [1.54, 1.807) is 6.20 Å². The van der Waals surface area contributed by atoms with E-state index in [9.17, 15) is 4.79 Å². The predicted molar refractivity (Wildman–Crippen MR) is 76.2 cm³/mol. The fourth-order valence-corrected chi connectivity index (χ4v) is 1.93. The molecule has 1 rings (SSSR count). The van der Waals surface area contributed by atoms with Crippen LogP contribution in [0.1, 0.15) is 5.56 Å². The number of halogens is 3. The SMILES string of the molecule is Cl.O=c1[nH]c(=S)[nH]cc1CN(CCCl)CCCl. The van der Waals surface area contributed by atoms with Gasteiger partial charge in [0.15, 0.2) is 4.77 Å². The molecule has 17 heavy (non-hydrogen) atoms. The minimum Gasteiger partial charge on any atom is -0.338 e. The Labute approximate surface area is 121 Å². The quantitative estimate of drug-likeness (QED) is 0.624. The second-order valence-corrected chi connectivity index (χ2v) is 4.42. The van der Waals surface area contributed by atoms with Crippen molar-refractivity contribution in [3.05, 3.63) is 26.9 Å². The predicted octanol–water partition coefficient (Wildman–Crippen LogP) is 2.13. The molecule has 2 N–H and O–H groups in total. The molecule has 0 aliphatic rings. The molecule has 0 aliphatic heterocycles. The molecule has 4 nitrogen and oxygen atoms in total. The van der Waals surface area contributed by atoms with Gasteiger partial charge in [-0.2, -0.15) is 0 Å². The number of rotatable bonds is 6. The molecule has 0 unspecified atom stereocenters. The van der Waals surface area contributed by atoms with Crippen molar-refractivity contribution in [2.24, 2.45) is 0 Å². The monoisotopic (exact) mass is 317 g/mol. The van der Waals surface area contributed by atoms with E-state index in [1.165, 1.54) is 0 Å². The molecule has 0 saturated heterocycles. The van der Waals surface area contributed by atoms with Crippen molar-refractivity contribution in [1.29, 1.82) is 0 Å². The highest BCUT2D eigenvalue weighted by Gasteiger charge is 2.07. The molecular formula is C9H14Cl3N3OS. The minimum absolute atomic E-state index is 0. The zero-order valence-corrected chi connectivity index (χ0v) is 12.2. The van der Waals surface area contributed by atoms with Crippen LogP contribution in [-0.4, -0.2) is 39.7 Å². The minimum atomic E-state index is -0.169. The first-order chi connectivity index (χ1) is 7.67. The zero-order chi connectivity index (χ0) is 12.0. The molecule has 0 aromatic carbocycles. The highest BCUT2D eigenvalue weighted by atomic mass is 35.5. The van der Waals surface area contributed by atoms with E-state index in [0.29, 0.717) is 41.7 Å². The lowest BCUT2D eigenvalue weighted by Gasteiger charge is -2.19. The molecule has 0 atom stereocenters. The first-order valence-electron chi connectivity index (χ1n) is 4.82. The van der Waals surface area contributed by atoms with Crippen LogP contribution in [0.4, 0.5) is 0 Å². The number of aromatic amines is 2. The maximum atomic E-state index is 11.5. The Morgan fingerprint density at radius 3 is 2.35 bits per heavy atom. The summed E-state index contributed by atoms with van der Waals surface area (Å²) in [6, 6.07) is 0. The number of aromatic nitrogens is 2. The van der Waals surface area contributed by atoms with Crippen LogP contribution in [0.25, 0.3) is 0 Å². The number of nitrogens with zero attached hydrogens (tertiary/aromatic N) is 1. The lowest BCUT2D eigenvalue weighted by Crippen LogP contribution is -2.30. The van der Waals surface area contributed by atoms with E-state index < -0.39 is 0 Å². The summed E-state index contributed by atoms with van der Waals surface area (Å²) in [5.74, 6) is 1.02. The lowest BCUT2D eigenvalue weighted by molar-refractivity contribution is 0.297. The van der Waals surface area contributed by atoms with E-state index in [0.717, 1.165) is 0 Å². The van der Waals surface area contributed by atoms with Gasteiger partial charge in [0.25, 0.3) is 5.56 Å². The summed E-state index contributed by atoms with van der Waals surface area (Å²) in [6.07, 6.45) is 1.62. The number of H-pyrrole nitrogens is 2. The van der Waals surface area contributed by atoms with E-state index in [1.807, 2.05) is 4.90 Å². The van der Waals surface area contributed by atoms with Gasteiger partial charge in [-0.15, -0.1) is 35.6 Å².